The average Bonchev–Trinajstić information content (AvgIpc) is 3.55. The van der Waals surface area contributed by atoms with Gasteiger partial charge in [0, 0.05) is 68.5 Å². The number of rotatable bonds is 6. The van der Waals surface area contributed by atoms with Crippen LogP contribution in [-0.2, 0) is 29.5 Å². The molecule has 0 spiro atoms. The third kappa shape index (κ3) is 8.03. The maximum absolute atomic E-state index is 11.8. The normalized spacial score (nSPS) is 14.5. The molecule has 1 aromatic carbocycles. The molecule has 4 heteroatoms. The van der Waals surface area contributed by atoms with E-state index in [1.807, 2.05) is 13.8 Å². The number of benzene rings is 1. The molecule has 2 aliphatic carbocycles. The lowest BCUT2D eigenvalue weighted by atomic mass is 9.95. The number of nitrogens with zero attached hydrogens (tertiary/aromatic N) is 2. The Morgan fingerprint density at radius 1 is 0.739 bits per heavy atom. The lowest BCUT2D eigenvalue weighted by Crippen LogP contribution is -2.42. The fraction of sp³-hybridized carbons (Fsp3) is 0.429. The predicted octanol–water partition coefficient (Wildman–Crippen LogP) is 8.53. The molecule has 2 heterocycles. The Kier molecular flexibility index (Phi) is 11.4. The predicted molar refractivity (Wildman–Crippen MR) is 188 cm³/mol. The molecule has 3 aromatic rings. The number of aryl methyl sites for hydroxylation is 2. The van der Waals surface area contributed by atoms with E-state index in [1.54, 1.807) is 0 Å². The number of carbonyl (C=O) groups excluding carboxylic acids is 1. The maximum Gasteiger partial charge on any atom is 0.334 e. The first-order chi connectivity index (χ1) is 21.8. The van der Waals surface area contributed by atoms with Gasteiger partial charge in [-0.3, -0.25) is 0 Å². The van der Waals surface area contributed by atoms with Gasteiger partial charge in [-0.1, -0.05) is 47.1 Å². The number of pyridine rings is 2. The summed E-state index contributed by atoms with van der Waals surface area (Å²) in [5.74, 6) is -0.154. The maximum atomic E-state index is 11.8. The lowest BCUT2D eigenvalue weighted by Gasteiger charge is -2.14. The first kappa shape index (κ1) is 34.9. The zero-order chi connectivity index (χ0) is 33.7. The zero-order valence-electron chi connectivity index (χ0n) is 30.2. The second kappa shape index (κ2) is 15.1. The smallest absolute Gasteiger partial charge is 0.334 e. The van der Waals surface area contributed by atoms with Crippen molar-refractivity contribution in [1.82, 2.24) is 0 Å². The Morgan fingerprint density at radius 3 is 1.89 bits per heavy atom. The van der Waals surface area contributed by atoms with Crippen LogP contribution in [0.4, 0.5) is 0 Å². The number of carbonyl (C=O) groups is 1. The molecular formula is C42H54N2O2+2. The van der Waals surface area contributed by atoms with Crippen molar-refractivity contribution >= 4 is 5.97 Å². The van der Waals surface area contributed by atoms with Gasteiger partial charge in [0.1, 0.15) is 7.05 Å². The molecule has 0 saturated heterocycles. The molecule has 0 fully saturated rings. The van der Waals surface area contributed by atoms with E-state index in [0.717, 1.165) is 43.4 Å². The molecule has 0 amide bonds. The van der Waals surface area contributed by atoms with E-state index >= 15 is 0 Å². The molecule has 5 rings (SSSR count). The van der Waals surface area contributed by atoms with Gasteiger partial charge in [-0.25, -0.2) is 9.36 Å². The van der Waals surface area contributed by atoms with Gasteiger partial charge in [0.05, 0.1) is 6.61 Å². The van der Waals surface area contributed by atoms with Crippen molar-refractivity contribution < 1.29 is 18.7 Å². The largest absolute Gasteiger partial charge is 0.463 e. The van der Waals surface area contributed by atoms with Crippen LogP contribution in [0.5, 0.6) is 0 Å². The third-order valence-corrected chi connectivity index (χ3v) is 10.2. The second-order valence-electron chi connectivity index (χ2n) is 13.4. The molecule has 0 saturated carbocycles. The minimum atomic E-state index is -0.154. The van der Waals surface area contributed by atoms with Gasteiger partial charge in [0.25, 0.3) is 0 Å². The summed E-state index contributed by atoms with van der Waals surface area (Å²) in [5, 5.41) is 0. The minimum absolute atomic E-state index is 0.154. The molecule has 0 radical (unpaired) electrons. The Hall–Kier alpha value is -4.01. The van der Waals surface area contributed by atoms with Gasteiger partial charge >= 0.3 is 5.97 Å². The molecule has 2 aromatic heterocycles. The molecule has 0 aliphatic heterocycles. The Balaban J connectivity index is 0.000000222. The minimum Gasteiger partial charge on any atom is -0.463 e. The second-order valence-corrected chi connectivity index (χ2v) is 13.4. The number of aromatic nitrogens is 2. The molecule has 46 heavy (non-hydrogen) atoms. The standard InChI is InChI=1S/C25H32N2.C17H22O2/c1-17-13-24(19(3)21(5)26(17)7)15-25-14-18(2)27(22(6)20(25)4)16-23-11-9-8-10-12-23;1-5-19-17(18)16-10-15(8-13(16)4)9-14-6-11(2)12(3)7-14/h8-14H,15-16H2,1-7H3;5-8,10H2,1-4H3/q+2;. The molecule has 0 unspecified atom stereocenters. The fourth-order valence-electron chi connectivity index (χ4n) is 6.67. The summed E-state index contributed by atoms with van der Waals surface area (Å²) in [6.45, 7) is 23.0. The first-order valence-electron chi connectivity index (χ1n) is 16.8. The number of allylic oxidation sites excluding steroid dienone is 4. The van der Waals surface area contributed by atoms with Crippen molar-refractivity contribution in [3.05, 3.63) is 132 Å². The van der Waals surface area contributed by atoms with Crippen LogP contribution in [0.2, 0.25) is 0 Å². The summed E-state index contributed by atoms with van der Waals surface area (Å²) in [6, 6.07) is 15.4. The fourth-order valence-corrected chi connectivity index (χ4v) is 6.67. The van der Waals surface area contributed by atoms with Crippen molar-refractivity contribution in [2.24, 2.45) is 7.05 Å². The van der Waals surface area contributed by atoms with E-state index in [0.29, 0.717) is 13.0 Å². The molecular weight excluding hydrogens is 564 g/mol. The first-order valence-corrected chi connectivity index (χ1v) is 16.8. The summed E-state index contributed by atoms with van der Waals surface area (Å²) >= 11 is 0. The average molecular weight is 619 g/mol. The molecule has 242 valence electrons. The SMILES string of the molecule is CCOC(=O)C1=C(C)CC(=C=C2CC(C)=C(C)C2)C1.Cc1c(Cc2cc(C)[n+](Cc3ccccc3)c(C)c2C)cc(C)[n+](C)c1C. The topological polar surface area (TPSA) is 34.1 Å². The van der Waals surface area contributed by atoms with E-state index in [2.05, 4.69) is 120 Å². The van der Waals surface area contributed by atoms with Crippen LogP contribution in [0, 0.1) is 41.5 Å². The van der Waals surface area contributed by atoms with Crippen LogP contribution in [0.1, 0.15) is 104 Å². The summed E-state index contributed by atoms with van der Waals surface area (Å²) < 4.78 is 9.81. The van der Waals surface area contributed by atoms with Crippen molar-refractivity contribution in [3.63, 3.8) is 0 Å². The van der Waals surface area contributed by atoms with Crippen LogP contribution in [0.3, 0.4) is 0 Å². The monoisotopic (exact) mass is 618 g/mol. The molecule has 0 N–H and O–H groups in total. The molecule has 2 aliphatic rings. The van der Waals surface area contributed by atoms with Crippen LogP contribution in [0.25, 0.3) is 0 Å². The van der Waals surface area contributed by atoms with E-state index in [4.69, 9.17) is 4.74 Å². The Labute approximate surface area is 277 Å². The number of hydrogen-bond acceptors (Lipinski definition) is 2. The van der Waals surface area contributed by atoms with Crippen LogP contribution >= 0.6 is 0 Å². The van der Waals surface area contributed by atoms with Gasteiger partial charge in [0.15, 0.2) is 29.3 Å². The van der Waals surface area contributed by atoms with E-state index in [1.165, 1.54) is 72.9 Å². The lowest BCUT2D eigenvalue weighted by molar-refractivity contribution is -0.700. The van der Waals surface area contributed by atoms with Gasteiger partial charge in [-0.2, -0.15) is 4.57 Å². The van der Waals surface area contributed by atoms with Crippen LogP contribution in [-0.4, -0.2) is 12.6 Å². The highest BCUT2D eigenvalue weighted by atomic mass is 16.5. The number of esters is 1. The third-order valence-electron chi connectivity index (χ3n) is 10.2. The van der Waals surface area contributed by atoms with Gasteiger partial charge < -0.3 is 4.74 Å². The zero-order valence-corrected chi connectivity index (χ0v) is 30.2. The Bertz CT molecular complexity index is 1760. The summed E-state index contributed by atoms with van der Waals surface area (Å²) in [5.41, 5.74) is 23.4. The highest BCUT2D eigenvalue weighted by Gasteiger charge is 2.23. The number of ether oxygens (including phenoxy) is 1. The van der Waals surface area contributed by atoms with Crippen molar-refractivity contribution in [1.29, 1.82) is 0 Å². The van der Waals surface area contributed by atoms with Crippen molar-refractivity contribution in [2.45, 2.75) is 108 Å². The van der Waals surface area contributed by atoms with E-state index < -0.39 is 0 Å². The van der Waals surface area contributed by atoms with Crippen LogP contribution in [0.15, 0.2) is 81.6 Å². The molecule has 4 nitrogen and oxygen atoms in total. The summed E-state index contributed by atoms with van der Waals surface area (Å²) in [4.78, 5) is 11.8. The van der Waals surface area contributed by atoms with Gasteiger partial charge in [-0.05, 0) is 89.5 Å². The van der Waals surface area contributed by atoms with Gasteiger partial charge in [0.2, 0.25) is 0 Å². The van der Waals surface area contributed by atoms with Crippen molar-refractivity contribution in [2.75, 3.05) is 6.61 Å². The van der Waals surface area contributed by atoms with Crippen LogP contribution < -0.4 is 9.13 Å². The quantitative estimate of drug-likeness (QED) is 0.120. The van der Waals surface area contributed by atoms with Gasteiger partial charge in [-0.15, -0.1) is 5.73 Å². The highest BCUT2D eigenvalue weighted by molar-refractivity contribution is 5.91. The molecule has 0 bridgehead atoms. The Morgan fingerprint density at radius 2 is 1.28 bits per heavy atom. The van der Waals surface area contributed by atoms with Crippen molar-refractivity contribution in [3.8, 4) is 0 Å². The molecule has 0 atom stereocenters. The van der Waals surface area contributed by atoms with E-state index in [9.17, 15) is 4.79 Å². The summed E-state index contributed by atoms with van der Waals surface area (Å²) in [6.07, 6.45) is 4.67. The van der Waals surface area contributed by atoms with E-state index in [-0.39, 0.29) is 5.97 Å². The highest BCUT2D eigenvalue weighted by Crippen LogP contribution is 2.34. The summed E-state index contributed by atoms with van der Waals surface area (Å²) in [7, 11) is 2.15. The number of hydrogen-bond donors (Lipinski definition) is 0.